The van der Waals surface area contributed by atoms with E-state index in [4.69, 9.17) is 4.74 Å². The number of benzene rings is 1. The molecule has 1 N–H and O–H groups in total. The van der Waals surface area contributed by atoms with Crippen LogP contribution < -0.4 is 0 Å². The molecule has 0 spiro atoms. The van der Waals surface area contributed by atoms with Crippen molar-refractivity contribution in [3.63, 3.8) is 0 Å². The zero-order valence-electron chi connectivity index (χ0n) is 12.5. The van der Waals surface area contributed by atoms with Crippen molar-refractivity contribution in [3.8, 4) is 0 Å². The van der Waals surface area contributed by atoms with Crippen molar-refractivity contribution >= 4 is 0 Å². The van der Waals surface area contributed by atoms with Gasteiger partial charge in [-0.3, -0.25) is 9.58 Å². The van der Waals surface area contributed by atoms with Crippen LogP contribution in [0, 0.1) is 11.6 Å². The highest BCUT2D eigenvalue weighted by Crippen LogP contribution is 2.20. The molecule has 0 amide bonds. The van der Waals surface area contributed by atoms with Gasteiger partial charge in [0.1, 0.15) is 24.3 Å². The molecule has 124 valence electrons. The molecular weight excluding hydrogens is 306 g/mol. The minimum Gasteiger partial charge on any atom is -0.387 e. The average Bonchev–Trinajstić information content (AvgIpc) is 3.00. The number of nitrogens with zero attached hydrogens (tertiary/aromatic N) is 4. The standard InChI is InChI=1S/C15H18F2N4O2/c16-11-1-2-13(14(17)5-11)15(22)8-20-3-4-23-12(6-20)7-21-10-18-9-19-21/h1-2,5,9-10,12,15,22H,3-4,6-8H2/t12-,15-/m0/s1. The van der Waals surface area contributed by atoms with Gasteiger partial charge in [0.2, 0.25) is 0 Å². The van der Waals surface area contributed by atoms with Crippen molar-refractivity contribution in [1.82, 2.24) is 19.7 Å². The summed E-state index contributed by atoms with van der Waals surface area (Å²) in [5.74, 6) is -1.39. The Bertz CT molecular complexity index is 638. The summed E-state index contributed by atoms with van der Waals surface area (Å²) in [5, 5.41) is 14.3. The Morgan fingerprint density at radius 1 is 1.39 bits per heavy atom. The van der Waals surface area contributed by atoms with Gasteiger partial charge in [0.05, 0.1) is 25.4 Å². The molecule has 1 aliphatic rings. The third kappa shape index (κ3) is 4.10. The Morgan fingerprint density at radius 3 is 3.00 bits per heavy atom. The van der Waals surface area contributed by atoms with Crippen LogP contribution in [0.2, 0.25) is 0 Å². The van der Waals surface area contributed by atoms with E-state index in [1.807, 2.05) is 4.90 Å². The Kier molecular flexibility index (Phi) is 4.94. The Hall–Kier alpha value is -1.90. The second-order valence-electron chi connectivity index (χ2n) is 5.55. The quantitative estimate of drug-likeness (QED) is 0.889. The summed E-state index contributed by atoms with van der Waals surface area (Å²) in [6.45, 7) is 2.60. The number of halogens is 2. The molecule has 1 fully saturated rings. The molecular formula is C15H18F2N4O2. The van der Waals surface area contributed by atoms with Crippen molar-refractivity contribution in [3.05, 3.63) is 48.1 Å². The lowest BCUT2D eigenvalue weighted by atomic mass is 10.1. The minimum absolute atomic E-state index is 0.0734. The van der Waals surface area contributed by atoms with Crippen molar-refractivity contribution in [1.29, 1.82) is 0 Å². The van der Waals surface area contributed by atoms with E-state index in [9.17, 15) is 13.9 Å². The number of aromatic nitrogens is 3. The third-order valence-corrected chi connectivity index (χ3v) is 3.83. The van der Waals surface area contributed by atoms with Gasteiger partial charge < -0.3 is 9.84 Å². The molecule has 2 heterocycles. The molecule has 0 unspecified atom stereocenters. The number of hydrogen-bond acceptors (Lipinski definition) is 5. The van der Waals surface area contributed by atoms with E-state index in [1.54, 1.807) is 11.0 Å². The van der Waals surface area contributed by atoms with E-state index in [1.165, 1.54) is 12.4 Å². The summed E-state index contributed by atoms with van der Waals surface area (Å²) < 4.78 is 34.0. The number of aliphatic hydroxyl groups is 1. The van der Waals surface area contributed by atoms with Crippen LogP contribution in [0.25, 0.3) is 0 Å². The highest BCUT2D eigenvalue weighted by Gasteiger charge is 2.24. The fraction of sp³-hybridized carbons (Fsp3) is 0.467. The molecule has 1 aromatic carbocycles. The number of aliphatic hydroxyl groups excluding tert-OH is 1. The Balaban J connectivity index is 1.58. The maximum absolute atomic E-state index is 13.7. The molecule has 0 bridgehead atoms. The number of β-amino-alcohol motifs (C(OH)–C–C–N with tert-alkyl or cyclic N) is 1. The summed E-state index contributed by atoms with van der Waals surface area (Å²) in [5.41, 5.74) is 0.103. The molecule has 1 aliphatic heterocycles. The molecule has 8 heteroatoms. The molecule has 1 saturated heterocycles. The van der Waals surface area contributed by atoms with Crippen LogP contribution in [0.1, 0.15) is 11.7 Å². The van der Waals surface area contributed by atoms with Gasteiger partial charge in [-0.15, -0.1) is 0 Å². The second-order valence-corrected chi connectivity index (χ2v) is 5.55. The fourth-order valence-electron chi connectivity index (χ4n) is 2.71. The fourth-order valence-corrected chi connectivity index (χ4v) is 2.71. The molecule has 0 saturated carbocycles. The largest absolute Gasteiger partial charge is 0.387 e. The monoisotopic (exact) mass is 324 g/mol. The molecule has 0 aliphatic carbocycles. The normalized spacial score (nSPS) is 20.6. The van der Waals surface area contributed by atoms with Crippen LogP contribution in [0.15, 0.2) is 30.9 Å². The van der Waals surface area contributed by atoms with Crippen LogP contribution in [-0.2, 0) is 11.3 Å². The number of hydrogen-bond donors (Lipinski definition) is 1. The molecule has 1 aromatic heterocycles. The lowest BCUT2D eigenvalue weighted by Gasteiger charge is -2.34. The van der Waals surface area contributed by atoms with Gasteiger partial charge in [0, 0.05) is 31.3 Å². The van der Waals surface area contributed by atoms with E-state index in [0.29, 0.717) is 26.2 Å². The van der Waals surface area contributed by atoms with Crippen LogP contribution in [0.3, 0.4) is 0 Å². The Morgan fingerprint density at radius 2 is 2.26 bits per heavy atom. The number of rotatable bonds is 5. The summed E-state index contributed by atoms with van der Waals surface area (Å²) in [6.07, 6.45) is 1.99. The summed E-state index contributed by atoms with van der Waals surface area (Å²) in [7, 11) is 0. The predicted octanol–water partition coefficient (Wildman–Crippen LogP) is 0.991. The van der Waals surface area contributed by atoms with Crippen molar-refractivity contribution in [2.45, 2.75) is 18.8 Å². The van der Waals surface area contributed by atoms with E-state index in [0.717, 1.165) is 12.1 Å². The first-order valence-corrected chi connectivity index (χ1v) is 7.41. The number of morpholine rings is 1. The average molecular weight is 324 g/mol. The molecule has 2 atom stereocenters. The summed E-state index contributed by atoms with van der Waals surface area (Å²) in [6, 6.07) is 3.21. The van der Waals surface area contributed by atoms with Gasteiger partial charge in [-0.05, 0) is 6.07 Å². The lowest BCUT2D eigenvalue weighted by molar-refractivity contribution is -0.0489. The molecule has 0 radical (unpaired) electrons. The van der Waals surface area contributed by atoms with E-state index >= 15 is 0 Å². The van der Waals surface area contributed by atoms with E-state index in [2.05, 4.69) is 10.1 Å². The van der Waals surface area contributed by atoms with Crippen LogP contribution in [0.5, 0.6) is 0 Å². The topological polar surface area (TPSA) is 63.4 Å². The smallest absolute Gasteiger partial charge is 0.137 e. The molecule has 23 heavy (non-hydrogen) atoms. The Labute approximate surface area is 132 Å². The first-order chi connectivity index (χ1) is 11.1. The first-order valence-electron chi connectivity index (χ1n) is 7.41. The van der Waals surface area contributed by atoms with Gasteiger partial charge >= 0.3 is 0 Å². The zero-order valence-corrected chi connectivity index (χ0v) is 12.5. The number of ether oxygens (including phenoxy) is 1. The third-order valence-electron chi connectivity index (χ3n) is 3.83. The van der Waals surface area contributed by atoms with Gasteiger partial charge in [0.15, 0.2) is 0 Å². The molecule has 2 aromatic rings. The van der Waals surface area contributed by atoms with Crippen LogP contribution in [0.4, 0.5) is 8.78 Å². The first kappa shape index (κ1) is 16.0. The van der Waals surface area contributed by atoms with Gasteiger partial charge in [-0.2, -0.15) is 5.10 Å². The summed E-state index contributed by atoms with van der Waals surface area (Å²) >= 11 is 0. The highest BCUT2D eigenvalue weighted by atomic mass is 19.1. The van der Waals surface area contributed by atoms with Crippen molar-refractivity contribution in [2.24, 2.45) is 0 Å². The van der Waals surface area contributed by atoms with E-state index in [-0.39, 0.29) is 18.2 Å². The lowest BCUT2D eigenvalue weighted by Crippen LogP contribution is -2.45. The maximum Gasteiger partial charge on any atom is 0.137 e. The van der Waals surface area contributed by atoms with Crippen molar-refractivity contribution < 1.29 is 18.6 Å². The van der Waals surface area contributed by atoms with Gasteiger partial charge in [-0.1, -0.05) is 6.07 Å². The van der Waals surface area contributed by atoms with Gasteiger partial charge in [0.25, 0.3) is 0 Å². The summed E-state index contributed by atoms with van der Waals surface area (Å²) in [4.78, 5) is 5.88. The zero-order chi connectivity index (χ0) is 16.2. The van der Waals surface area contributed by atoms with E-state index < -0.39 is 17.7 Å². The van der Waals surface area contributed by atoms with Crippen LogP contribution >= 0.6 is 0 Å². The van der Waals surface area contributed by atoms with Gasteiger partial charge in [-0.25, -0.2) is 13.8 Å². The molecule has 6 nitrogen and oxygen atoms in total. The highest BCUT2D eigenvalue weighted by molar-refractivity contribution is 5.21. The van der Waals surface area contributed by atoms with Crippen LogP contribution in [-0.4, -0.2) is 57.1 Å². The van der Waals surface area contributed by atoms with Crippen molar-refractivity contribution in [2.75, 3.05) is 26.2 Å². The second kappa shape index (κ2) is 7.12. The SMILES string of the molecule is O[C@@H](CN1CCO[C@H](Cn2cncn2)C1)c1ccc(F)cc1F. The molecule has 3 rings (SSSR count). The maximum atomic E-state index is 13.7. The minimum atomic E-state index is -1.01. The predicted molar refractivity (Wildman–Crippen MR) is 77.5 cm³/mol.